The van der Waals surface area contributed by atoms with E-state index in [1.807, 2.05) is 13.0 Å². The first-order valence-electron chi connectivity index (χ1n) is 5.57. The molecule has 1 aromatic rings. The maximum absolute atomic E-state index is 10.9. The first-order chi connectivity index (χ1) is 6.99. The molecule has 15 heavy (non-hydrogen) atoms. The van der Waals surface area contributed by atoms with Crippen molar-refractivity contribution < 1.29 is 4.79 Å². The lowest BCUT2D eigenvalue weighted by atomic mass is 9.85. The Hall–Kier alpha value is -1.11. The zero-order valence-corrected chi connectivity index (χ0v) is 10.3. The molecule has 0 saturated heterocycles. The molecule has 1 heteroatoms. The van der Waals surface area contributed by atoms with E-state index in [-0.39, 0.29) is 0 Å². The minimum atomic E-state index is 0.474. The molecule has 82 valence electrons. The van der Waals surface area contributed by atoms with E-state index in [0.29, 0.717) is 11.8 Å². The molecule has 0 spiro atoms. The van der Waals surface area contributed by atoms with Crippen molar-refractivity contribution in [2.24, 2.45) is 0 Å². The van der Waals surface area contributed by atoms with Crippen molar-refractivity contribution in [1.29, 1.82) is 0 Å². The predicted octanol–water partition coefficient (Wildman–Crippen LogP) is 4.05. The summed E-state index contributed by atoms with van der Waals surface area (Å²) in [6.07, 6.45) is 0.950. The van der Waals surface area contributed by atoms with Crippen LogP contribution >= 0.6 is 0 Å². The molecule has 0 N–H and O–H groups in total. The molecule has 1 rings (SSSR count). The molecule has 0 amide bonds. The zero-order chi connectivity index (χ0) is 11.6. The molecule has 0 bridgehead atoms. The first kappa shape index (κ1) is 12.0. The van der Waals surface area contributed by atoms with Crippen molar-refractivity contribution in [1.82, 2.24) is 0 Å². The molecule has 1 aromatic carbocycles. The van der Waals surface area contributed by atoms with Crippen molar-refractivity contribution in [3.05, 3.63) is 34.4 Å². The standard InChI is InChI=1S/C14H20O/c1-9(2)13-7-6-12(8-15)11(5)14(13)10(3)4/h6-10H,1-5H3. The third kappa shape index (κ3) is 2.28. The van der Waals surface area contributed by atoms with E-state index in [9.17, 15) is 4.79 Å². The van der Waals surface area contributed by atoms with Gasteiger partial charge in [-0.2, -0.15) is 0 Å². The topological polar surface area (TPSA) is 17.1 Å². The van der Waals surface area contributed by atoms with Crippen molar-refractivity contribution in [3.8, 4) is 0 Å². The van der Waals surface area contributed by atoms with Gasteiger partial charge >= 0.3 is 0 Å². The Morgan fingerprint density at radius 2 is 1.67 bits per heavy atom. The summed E-state index contributed by atoms with van der Waals surface area (Å²) in [7, 11) is 0. The van der Waals surface area contributed by atoms with Crippen molar-refractivity contribution in [2.75, 3.05) is 0 Å². The Morgan fingerprint density at radius 3 is 2.07 bits per heavy atom. The average molecular weight is 204 g/mol. The minimum Gasteiger partial charge on any atom is -0.298 e. The van der Waals surface area contributed by atoms with Gasteiger partial charge in [-0.25, -0.2) is 0 Å². The SMILES string of the molecule is Cc1c(C=O)ccc(C(C)C)c1C(C)C. The van der Waals surface area contributed by atoms with Gasteiger partial charge < -0.3 is 0 Å². The summed E-state index contributed by atoms with van der Waals surface area (Å²) < 4.78 is 0. The zero-order valence-electron chi connectivity index (χ0n) is 10.3. The number of hydrogen-bond donors (Lipinski definition) is 0. The van der Waals surface area contributed by atoms with Crippen molar-refractivity contribution in [2.45, 2.75) is 46.5 Å². The van der Waals surface area contributed by atoms with E-state index < -0.39 is 0 Å². The van der Waals surface area contributed by atoms with Crippen LogP contribution < -0.4 is 0 Å². The van der Waals surface area contributed by atoms with Gasteiger partial charge in [-0.1, -0.05) is 39.8 Å². The fourth-order valence-electron chi connectivity index (χ4n) is 2.16. The molecular formula is C14H20O. The maximum atomic E-state index is 10.9. The number of carbonyl (C=O) groups is 1. The molecule has 0 saturated carbocycles. The second kappa shape index (κ2) is 4.61. The lowest BCUT2D eigenvalue weighted by Gasteiger charge is -2.19. The summed E-state index contributed by atoms with van der Waals surface area (Å²) in [5.74, 6) is 0.990. The lowest BCUT2D eigenvalue weighted by molar-refractivity contribution is 0.112. The number of hydrogen-bond acceptors (Lipinski definition) is 1. The molecule has 0 atom stereocenters. The van der Waals surface area contributed by atoms with Crippen LogP contribution in [0.3, 0.4) is 0 Å². The van der Waals surface area contributed by atoms with E-state index in [1.165, 1.54) is 11.1 Å². The van der Waals surface area contributed by atoms with Gasteiger partial charge in [-0.3, -0.25) is 4.79 Å². The lowest BCUT2D eigenvalue weighted by Crippen LogP contribution is -2.04. The number of carbonyl (C=O) groups excluding carboxylic acids is 1. The van der Waals surface area contributed by atoms with Gasteiger partial charge in [0, 0.05) is 5.56 Å². The van der Waals surface area contributed by atoms with Gasteiger partial charge in [-0.05, 0) is 35.4 Å². The molecule has 0 aromatic heterocycles. The van der Waals surface area contributed by atoms with Crippen LogP contribution in [0.2, 0.25) is 0 Å². The highest BCUT2D eigenvalue weighted by Gasteiger charge is 2.14. The molecule has 0 heterocycles. The molecule has 0 aliphatic carbocycles. The van der Waals surface area contributed by atoms with Gasteiger partial charge in [0.05, 0.1) is 0 Å². The van der Waals surface area contributed by atoms with Gasteiger partial charge in [0.2, 0.25) is 0 Å². The van der Waals surface area contributed by atoms with Gasteiger partial charge in [0.15, 0.2) is 0 Å². The Balaban J connectivity index is 3.44. The highest BCUT2D eigenvalue weighted by Crippen LogP contribution is 2.30. The predicted molar refractivity (Wildman–Crippen MR) is 64.7 cm³/mol. The fraction of sp³-hybridized carbons (Fsp3) is 0.500. The molecule has 0 aliphatic rings. The smallest absolute Gasteiger partial charge is 0.150 e. The van der Waals surface area contributed by atoms with Crippen LogP contribution in [-0.4, -0.2) is 6.29 Å². The van der Waals surface area contributed by atoms with Crippen LogP contribution in [0, 0.1) is 6.92 Å². The molecule has 0 aliphatic heterocycles. The van der Waals surface area contributed by atoms with E-state index in [2.05, 4.69) is 33.8 Å². The van der Waals surface area contributed by atoms with Gasteiger partial charge in [0.1, 0.15) is 6.29 Å². The van der Waals surface area contributed by atoms with Crippen molar-refractivity contribution in [3.63, 3.8) is 0 Å². The summed E-state index contributed by atoms with van der Waals surface area (Å²) in [5, 5.41) is 0. The number of benzene rings is 1. The van der Waals surface area contributed by atoms with Crippen LogP contribution in [0.25, 0.3) is 0 Å². The molecule has 1 nitrogen and oxygen atoms in total. The second-order valence-electron chi connectivity index (χ2n) is 4.71. The second-order valence-corrected chi connectivity index (χ2v) is 4.71. The summed E-state index contributed by atoms with van der Waals surface area (Å²) in [6, 6.07) is 4.03. The van der Waals surface area contributed by atoms with Crippen LogP contribution in [0.5, 0.6) is 0 Å². The Bertz CT molecular complexity index is 362. The third-order valence-corrected chi connectivity index (χ3v) is 2.92. The molecular weight excluding hydrogens is 184 g/mol. The summed E-state index contributed by atoms with van der Waals surface area (Å²) in [4.78, 5) is 10.9. The number of aldehydes is 1. The summed E-state index contributed by atoms with van der Waals surface area (Å²) in [5.41, 5.74) is 4.68. The largest absolute Gasteiger partial charge is 0.298 e. The number of rotatable bonds is 3. The molecule has 0 fully saturated rings. The van der Waals surface area contributed by atoms with E-state index in [1.54, 1.807) is 0 Å². The summed E-state index contributed by atoms with van der Waals surface area (Å²) >= 11 is 0. The fourth-order valence-corrected chi connectivity index (χ4v) is 2.16. The maximum Gasteiger partial charge on any atom is 0.150 e. The highest BCUT2D eigenvalue weighted by atomic mass is 16.1. The first-order valence-corrected chi connectivity index (χ1v) is 5.57. The average Bonchev–Trinajstić information content (AvgIpc) is 2.16. The Labute approximate surface area is 92.5 Å². The van der Waals surface area contributed by atoms with Crippen LogP contribution in [0.4, 0.5) is 0 Å². The van der Waals surface area contributed by atoms with Gasteiger partial charge in [0.25, 0.3) is 0 Å². The monoisotopic (exact) mass is 204 g/mol. The van der Waals surface area contributed by atoms with E-state index >= 15 is 0 Å². The van der Waals surface area contributed by atoms with E-state index in [4.69, 9.17) is 0 Å². The van der Waals surface area contributed by atoms with Crippen LogP contribution in [0.1, 0.15) is 66.6 Å². The normalized spacial score (nSPS) is 11.1. The van der Waals surface area contributed by atoms with Gasteiger partial charge in [-0.15, -0.1) is 0 Å². The minimum absolute atomic E-state index is 0.474. The Kier molecular flexibility index (Phi) is 3.67. The Morgan fingerprint density at radius 1 is 1.07 bits per heavy atom. The van der Waals surface area contributed by atoms with E-state index in [0.717, 1.165) is 17.4 Å². The van der Waals surface area contributed by atoms with Crippen LogP contribution in [-0.2, 0) is 0 Å². The molecule has 0 radical (unpaired) electrons. The van der Waals surface area contributed by atoms with Crippen molar-refractivity contribution >= 4 is 6.29 Å². The molecule has 0 unspecified atom stereocenters. The third-order valence-electron chi connectivity index (χ3n) is 2.92. The quantitative estimate of drug-likeness (QED) is 0.679. The highest BCUT2D eigenvalue weighted by molar-refractivity contribution is 5.78. The van der Waals surface area contributed by atoms with Crippen LogP contribution in [0.15, 0.2) is 12.1 Å². The summed E-state index contributed by atoms with van der Waals surface area (Å²) in [6.45, 7) is 10.8.